The molecule has 0 radical (unpaired) electrons. The molecule has 2 aliphatic heterocycles. The van der Waals surface area contributed by atoms with Crippen LogP contribution < -0.4 is 10.1 Å². The summed E-state index contributed by atoms with van der Waals surface area (Å²) in [5.41, 5.74) is 1.82. The first kappa shape index (κ1) is 27.1. The van der Waals surface area contributed by atoms with Crippen LogP contribution in [-0.4, -0.2) is 86.1 Å². The van der Waals surface area contributed by atoms with Gasteiger partial charge in [0.15, 0.2) is 0 Å². The monoisotopic (exact) mass is 524 g/mol. The Morgan fingerprint density at radius 1 is 1.08 bits per heavy atom. The molecule has 1 N–H and O–H groups in total. The van der Waals surface area contributed by atoms with Gasteiger partial charge in [0.25, 0.3) is 5.91 Å². The van der Waals surface area contributed by atoms with Crippen molar-refractivity contribution in [3.8, 4) is 5.75 Å². The second kappa shape index (κ2) is 12.1. The maximum atomic E-state index is 14.0. The number of rotatable bonds is 7. The molecular weight excluding hydrogens is 491 g/mol. The minimum Gasteiger partial charge on any atom is -0.497 e. The first-order valence-electron chi connectivity index (χ1n) is 12.7. The molecule has 202 valence electrons. The average Bonchev–Trinajstić information content (AvgIpc) is 3.16. The van der Waals surface area contributed by atoms with Gasteiger partial charge in [-0.2, -0.15) is 0 Å². The highest BCUT2D eigenvalue weighted by molar-refractivity contribution is 5.95. The number of benzene rings is 2. The van der Waals surface area contributed by atoms with Crippen molar-refractivity contribution >= 4 is 17.9 Å². The zero-order valence-electron chi connectivity index (χ0n) is 21.9. The first-order valence-corrected chi connectivity index (χ1v) is 12.7. The number of hydrogen-bond acceptors (Lipinski definition) is 6. The van der Waals surface area contributed by atoms with E-state index in [1.165, 1.54) is 17.0 Å². The van der Waals surface area contributed by atoms with Crippen LogP contribution >= 0.6 is 0 Å². The SMILES string of the molecule is CCOC(=O)C1=C(CN2CCCN(C(=O)c3ccc(OC)cc3)CC2)N(C)C(=O)N[C@@H]1c1cccc(F)c1. The largest absolute Gasteiger partial charge is 0.497 e. The van der Waals surface area contributed by atoms with Crippen LogP contribution in [0.5, 0.6) is 5.75 Å². The third-order valence-electron chi connectivity index (χ3n) is 6.84. The first-order chi connectivity index (χ1) is 18.3. The van der Waals surface area contributed by atoms with Gasteiger partial charge in [0, 0.05) is 51.0 Å². The Labute approximate surface area is 221 Å². The third kappa shape index (κ3) is 5.96. The summed E-state index contributed by atoms with van der Waals surface area (Å²) in [5.74, 6) is -0.392. The van der Waals surface area contributed by atoms with Gasteiger partial charge < -0.3 is 19.7 Å². The quantitative estimate of drug-likeness (QED) is 0.560. The van der Waals surface area contributed by atoms with Crippen LogP contribution in [0.1, 0.15) is 35.3 Å². The predicted octanol–water partition coefficient (Wildman–Crippen LogP) is 3.20. The lowest BCUT2D eigenvalue weighted by molar-refractivity contribution is -0.139. The summed E-state index contributed by atoms with van der Waals surface area (Å²) in [6, 6.07) is 11.6. The molecule has 1 fully saturated rings. The highest BCUT2D eigenvalue weighted by Crippen LogP contribution is 2.32. The summed E-state index contributed by atoms with van der Waals surface area (Å²) >= 11 is 0. The van der Waals surface area contributed by atoms with Gasteiger partial charge in [0.1, 0.15) is 11.6 Å². The van der Waals surface area contributed by atoms with E-state index in [-0.39, 0.29) is 18.1 Å². The molecule has 2 aromatic rings. The minimum atomic E-state index is -0.844. The Morgan fingerprint density at radius 3 is 2.53 bits per heavy atom. The molecule has 4 rings (SSSR count). The Bertz CT molecular complexity index is 1220. The number of carbonyl (C=O) groups is 3. The van der Waals surface area contributed by atoms with E-state index in [4.69, 9.17) is 9.47 Å². The number of amides is 3. The van der Waals surface area contributed by atoms with Crippen molar-refractivity contribution in [2.24, 2.45) is 0 Å². The zero-order valence-corrected chi connectivity index (χ0v) is 21.9. The minimum absolute atomic E-state index is 0.0544. The van der Waals surface area contributed by atoms with Crippen molar-refractivity contribution in [3.63, 3.8) is 0 Å². The molecule has 0 bridgehead atoms. The fourth-order valence-corrected chi connectivity index (χ4v) is 4.79. The smallest absolute Gasteiger partial charge is 0.338 e. The molecule has 38 heavy (non-hydrogen) atoms. The van der Waals surface area contributed by atoms with Gasteiger partial charge in [-0.3, -0.25) is 14.6 Å². The molecule has 9 nitrogen and oxygen atoms in total. The van der Waals surface area contributed by atoms with Gasteiger partial charge in [-0.25, -0.2) is 14.0 Å². The van der Waals surface area contributed by atoms with Crippen LogP contribution in [0, 0.1) is 5.82 Å². The van der Waals surface area contributed by atoms with Gasteiger partial charge in [-0.05, 0) is 55.3 Å². The lowest BCUT2D eigenvalue weighted by Crippen LogP contribution is -2.49. The van der Waals surface area contributed by atoms with E-state index in [2.05, 4.69) is 10.2 Å². The van der Waals surface area contributed by atoms with Crippen LogP contribution in [-0.2, 0) is 9.53 Å². The van der Waals surface area contributed by atoms with Gasteiger partial charge in [-0.15, -0.1) is 0 Å². The van der Waals surface area contributed by atoms with Crippen LogP contribution in [0.4, 0.5) is 9.18 Å². The number of hydrogen-bond donors (Lipinski definition) is 1. The lowest BCUT2D eigenvalue weighted by Gasteiger charge is -2.36. The number of nitrogens with one attached hydrogen (secondary N) is 1. The van der Waals surface area contributed by atoms with E-state index in [1.54, 1.807) is 57.5 Å². The number of methoxy groups -OCH3 is 1. The fraction of sp³-hybridized carbons (Fsp3) is 0.393. The number of urea groups is 1. The van der Waals surface area contributed by atoms with Crippen molar-refractivity contribution in [1.82, 2.24) is 20.0 Å². The van der Waals surface area contributed by atoms with E-state index in [0.717, 1.165) is 6.42 Å². The van der Waals surface area contributed by atoms with Crippen LogP contribution in [0.2, 0.25) is 0 Å². The number of carbonyl (C=O) groups excluding carboxylic acids is 3. The fourth-order valence-electron chi connectivity index (χ4n) is 4.79. The van der Waals surface area contributed by atoms with E-state index in [9.17, 15) is 18.8 Å². The molecule has 10 heteroatoms. The lowest BCUT2D eigenvalue weighted by atomic mass is 9.94. The van der Waals surface area contributed by atoms with E-state index in [1.807, 2.05) is 4.90 Å². The van der Waals surface area contributed by atoms with Gasteiger partial charge in [0.05, 0.1) is 25.3 Å². The van der Waals surface area contributed by atoms with E-state index >= 15 is 0 Å². The summed E-state index contributed by atoms with van der Waals surface area (Å²) in [5, 5.41) is 2.81. The molecule has 0 spiro atoms. The van der Waals surface area contributed by atoms with Crippen molar-refractivity contribution < 1.29 is 28.2 Å². The average molecular weight is 525 g/mol. The second-order valence-electron chi connectivity index (χ2n) is 9.23. The Morgan fingerprint density at radius 2 is 1.84 bits per heavy atom. The summed E-state index contributed by atoms with van der Waals surface area (Å²) in [4.78, 5) is 44.5. The predicted molar refractivity (Wildman–Crippen MR) is 139 cm³/mol. The number of halogens is 1. The molecule has 0 unspecified atom stereocenters. The van der Waals surface area contributed by atoms with Crippen molar-refractivity contribution in [2.75, 3.05) is 53.5 Å². The van der Waals surface area contributed by atoms with E-state index < -0.39 is 23.9 Å². The van der Waals surface area contributed by atoms with Gasteiger partial charge in [-0.1, -0.05) is 12.1 Å². The summed E-state index contributed by atoms with van der Waals surface area (Å²) in [6.07, 6.45) is 0.729. The zero-order chi connectivity index (χ0) is 27.2. The highest BCUT2D eigenvalue weighted by atomic mass is 19.1. The molecule has 1 atom stereocenters. The Kier molecular flexibility index (Phi) is 8.62. The van der Waals surface area contributed by atoms with Crippen molar-refractivity contribution in [1.29, 1.82) is 0 Å². The van der Waals surface area contributed by atoms with Crippen LogP contribution in [0.15, 0.2) is 59.8 Å². The Balaban J connectivity index is 1.57. The molecule has 3 amide bonds. The molecule has 2 aromatic carbocycles. The summed E-state index contributed by atoms with van der Waals surface area (Å²) in [6.45, 7) is 4.49. The van der Waals surface area contributed by atoms with Crippen molar-refractivity contribution in [3.05, 3.63) is 76.7 Å². The molecule has 0 aromatic heterocycles. The van der Waals surface area contributed by atoms with Crippen molar-refractivity contribution in [2.45, 2.75) is 19.4 Å². The van der Waals surface area contributed by atoms with Crippen LogP contribution in [0.3, 0.4) is 0 Å². The second-order valence-corrected chi connectivity index (χ2v) is 9.23. The summed E-state index contributed by atoms with van der Waals surface area (Å²) in [7, 11) is 3.18. The standard InChI is InChI=1S/C28H33FN4O5/c1-4-38-27(35)24-23(31(2)28(36)30-25(24)20-7-5-8-21(29)17-20)18-32-13-6-14-33(16-15-32)26(34)19-9-11-22(37-3)12-10-19/h5,7-12,17,25H,4,6,13-16,18H2,1-3H3,(H,30,36)/t25-/m1/s1. The van der Waals surface area contributed by atoms with Gasteiger partial charge >= 0.3 is 12.0 Å². The third-order valence-corrected chi connectivity index (χ3v) is 6.84. The number of ether oxygens (including phenoxy) is 2. The maximum Gasteiger partial charge on any atom is 0.338 e. The number of nitrogens with zero attached hydrogens (tertiary/aromatic N) is 3. The molecule has 2 heterocycles. The topological polar surface area (TPSA) is 91.4 Å². The maximum absolute atomic E-state index is 14.0. The number of likely N-dealkylation sites (N-methyl/N-ethyl adjacent to an activating group) is 1. The molecule has 0 aliphatic carbocycles. The highest BCUT2D eigenvalue weighted by Gasteiger charge is 2.37. The Hall–Kier alpha value is -3.92. The van der Waals surface area contributed by atoms with Crippen LogP contribution in [0.25, 0.3) is 0 Å². The van der Waals surface area contributed by atoms with Gasteiger partial charge in [0.2, 0.25) is 0 Å². The normalized spacial score (nSPS) is 18.6. The molecule has 1 saturated heterocycles. The molecule has 2 aliphatic rings. The number of esters is 1. The molecule has 0 saturated carbocycles. The summed E-state index contributed by atoms with van der Waals surface area (Å²) < 4.78 is 24.6. The molecular formula is C28H33FN4O5. The van der Waals surface area contributed by atoms with E-state index in [0.29, 0.717) is 55.3 Å².